The Morgan fingerprint density at radius 2 is 1.73 bits per heavy atom. The van der Waals surface area contributed by atoms with E-state index in [0.717, 1.165) is 17.7 Å². The number of unbranched alkanes of at least 4 members (excludes halogenated alkanes) is 1. The molecule has 0 radical (unpaired) electrons. The van der Waals surface area contributed by atoms with Crippen molar-refractivity contribution in [2.24, 2.45) is 11.8 Å². The van der Waals surface area contributed by atoms with Gasteiger partial charge in [0.25, 0.3) is 0 Å². The van der Waals surface area contributed by atoms with Crippen molar-refractivity contribution in [2.45, 2.75) is 69.8 Å². The maximum absolute atomic E-state index is 12.9. The van der Waals surface area contributed by atoms with Gasteiger partial charge < -0.3 is 24.8 Å². The van der Waals surface area contributed by atoms with Gasteiger partial charge >= 0.3 is 12.1 Å². The Kier molecular flexibility index (Phi) is 13.8. The molecular formula is C31H38F3NO9. The van der Waals surface area contributed by atoms with Crippen molar-refractivity contribution in [3.05, 3.63) is 89.5 Å². The minimum atomic E-state index is -4.51. The van der Waals surface area contributed by atoms with Crippen LogP contribution in [0.3, 0.4) is 0 Å². The average molecular weight is 626 g/mol. The van der Waals surface area contributed by atoms with Crippen LogP contribution in [-0.2, 0) is 33.8 Å². The molecule has 5 atom stereocenters. The first-order chi connectivity index (χ1) is 20.9. The molecule has 1 saturated carbocycles. The molecule has 44 heavy (non-hydrogen) atoms. The molecule has 0 bridgehead atoms. The van der Waals surface area contributed by atoms with E-state index in [0.29, 0.717) is 24.8 Å². The van der Waals surface area contributed by atoms with E-state index in [1.165, 1.54) is 18.2 Å². The second-order valence-corrected chi connectivity index (χ2v) is 10.5. The second kappa shape index (κ2) is 17.3. The van der Waals surface area contributed by atoms with Crippen LogP contribution in [0.15, 0.2) is 72.8 Å². The van der Waals surface area contributed by atoms with Gasteiger partial charge in [0.05, 0.1) is 29.8 Å². The minimum absolute atomic E-state index is 0.0297. The molecule has 0 heterocycles. The molecular weight excluding hydrogens is 587 g/mol. The summed E-state index contributed by atoms with van der Waals surface area (Å²) in [5.74, 6) is -1.12. The molecule has 0 spiro atoms. The summed E-state index contributed by atoms with van der Waals surface area (Å²) in [6.45, 7) is -0.218. The van der Waals surface area contributed by atoms with E-state index >= 15 is 0 Å². The lowest BCUT2D eigenvalue weighted by molar-refractivity contribution is -0.497. The normalized spacial score (nSPS) is 21.4. The molecule has 2 aromatic carbocycles. The number of halogens is 3. The Labute approximate surface area is 253 Å². The third kappa shape index (κ3) is 12.0. The van der Waals surface area contributed by atoms with Gasteiger partial charge in [-0.3, -0.25) is 15.2 Å². The smallest absolute Gasteiger partial charge is 0.416 e. The van der Waals surface area contributed by atoms with Gasteiger partial charge in [-0.25, -0.2) is 4.84 Å². The van der Waals surface area contributed by atoms with Crippen LogP contribution >= 0.6 is 0 Å². The van der Waals surface area contributed by atoms with E-state index in [2.05, 4.69) is 4.84 Å². The Hall–Kier alpha value is -3.30. The Morgan fingerprint density at radius 3 is 2.41 bits per heavy atom. The van der Waals surface area contributed by atoms with Crippen LogP contribution in [-0.4, -0.2) is 62.0 Å². The number of hydrogen-bond donors (Lipinski definition) is 5. The summed E-state index contributed by atoms with van der Waals surface area (Å²) in [4.78, 5) is 16.6. The summed E-state index contributed by atoms with van der Waals surface area (Å²) in [6, 6.07) is 11.2. The highest BCUT2D eigenvalue weighted by Crippen LogP contribution is 2.36. The van der Waals surface area contributed by atoms with Gasteiger partial charge in [-0.2, -0.15) is 13.2 Å². The standard InChI is InChI=1S/C31H38F3NO9/c32-31(33,34)23-6-5-7-25(16-23)42-20-24(36)14-15-27-26(28(37)17-29(27)38)8-3-1-2-4-9-30(39)43-18-21-10-12-22(13-11-21)19-44-35(40)41/h1,3,5-7,10-16,24,26-29,36-38,40-41H,2,4,8-9,17-20H2/b3-1-,15-14+/t24-,26-,27-,28+,29-/m1/s1. The first-order valence-corrected chi connectivity index (χ1v) is 14.1. The quantitative estimate of drug-likeness (QED) is 0.0767. The zero-order valence-corrected chi connectivity index (χ0v) is 23.9. The lowest BCUT2D eigenvalue weighted by Gasteiger charge is -2.19. The number of allylic oxidation sites excluding steroid dienone is 2. The van der Waals surface area contributed by atoms with Crippen LogP contribution in [0.1, 0.15) is 48.8 Å². The number of alkyl halides is 3. The van der Waals surface area contributed by atoms with Gasteiger partial charge in [0.2, 0.25) is 0 Å². The van der Waals surface area contributed by atoms with Crippen molar-refractivity contribution in [1.29, 1.82) is 0 Å². The lowest BCUT2D eigenvalue weighted by Crippen LogP contribution is -2.21. The fourth-order valence-electron chi connectivity index (χ4n) is 4.80. The Morgan fingerprint density at radius 1 is 1.02 bits per heavy atom. The summed E-state index contributed by atoms with van der Waals surface area (Å²) < 4.78 is 49.2. The van der Waals surface area contributed by atoms with E-state index in [-0.39, 0.29) is 55.7 Å². The third-order valence-electron chi connectivity index (χ3n) is 7.15. The molecule has 0 aromatic heterocycles. The van der Waals surface area contributed by atoms with Crippen molar-refractivity contribution in [3.63, 3.8) is 0 Å². The third-order valence-corrected chi connectivity index (χ3v) is 7.15. The molecule has 1 aliphatic rings. The van der Waals surface area contributed by atoms with Crippen molar-refractivity contribution in [1.82, 2.24) is 5.39 Å². The predicted octanol–water partition coefficient (Wildman–Crippen LogP) is 4.73. The van der Waals surface area contributed by atoms with Gasteiger partial charge in [0.15, 0.2) is 0 Å². The Balaban J connectivity index is 1.36. The number of rotatable bonds is 16. The lowest BCUT2D eigenvalue weighted by atomic mass is 9.89. The molecule has 242 valence electrons. The molecule has 0 aliphatic heterocycles. The molecule has 5 N–H and O–H groups in total. The summed E-state index contributed by atoms with van der Waals surface area (Å²) >= 11 is 0. The zero-order chi connectivity index (χ0) is 32.1. The minimum Gasteiger partial charge on any atom is -0.491 e. The number of nitrogens with zero attached hydrogens (tertiary/aromatic N) is 1. The summed E-state index contributed by atoms with van der Waals surface area (Å²) in [5, 5.41) is 47.9. The zero-order valence-electron chi connectivity index (χ0n) is 23.9. The molecule has 0 unspecified atom stereocenters. The number of ether oxygens (including phenoxy) is 2. The van der Waals surface area contributed by atoms with Gasteiger partial charge in [-0.15, -0.1) is 0 Å². The number of carbonyl (C=O) groups is 1. The summed E-state index contributed by atoms with van der Waals surface area (Å²) in [6.07, 6.45) is 1.59. The van der Waals surface area contributed by atoms with E-state index in [1.54, 1.807) is 30.3 Å². The number of benzene rings is 2. The molecule has 13 heteroatoms. The fraction of sp³-hybridized carbons (Fsp3) is 0.452. The number of carbonyl (C=O) groups excluding carboxylic acids is 1. The van der Waals surface area contributed by atoms with Gasteiger partial charge in [0, 0.05) is 18.8 Å². The van der Waals surface area contributed by atoms with Crippen molar-refractivity contribution in [3.8, 4) is 5.75 Å². The second-order valence-electron chi connectivity index (χ2n) is 10.5. The highest BCUT2D eigenvalue weighted by atomic mass is 19.4. The van der Waals surface area contributed by atoms with E-state index in [9.17, 15) is 33.3 Å². The summed E-state index contributed by atoms with van der Waals surface area (Å²) in [7, 11) is 0. The SMILES string of the molecule is O=C(CCC/C=C\C[C@@H]1[C@@H](/C=C/[C@@H](O)COc2cccc(C(F)(F)F)c2)[C@H](O)C[C@@H]1O)OCc1ccc(CON(O)O)cc1. The largest absolute Gasteiger partial charge is 0.491 e. The van der Waals surface area contributed by atoms with E-state index in [1.807, 2.05) is 12.2 Å². The summed E-state index contributed by atoms with van der Waals surface area (Å²) in [5.41, 5.74) is 0.608. The highest BCUT2D eigenvalue weighted by molar-refractivity contribution is 5.69. The fourth-order valence-corrected chi connectivity index (χ4v) is 4.80. The molecule has 0 amide bonds. The topological polar surface area (TPSA) is 149 Å². The van der Waals surface area contributed by atoms with Crippen molar-refractivity contribution in [2.75, 3.05) is 6.61 Å². The maximum Gasteiger partial charge on any atom is 0.416 e. The van der Waals surface area contributed by atoms with Crippen molar-refractivity contribution < 1.29 is 58.0 Å². The van der Waals surface area contributed by atoms with Crippen LogP contribution in [0, 0.1) is 11.8 Å². The van der Waals surface area contributed by atoms with E-state index in [4.69, 9.17) is 19.9 Å². The monoisotopic (exact) mass is 625 g/mol. The van der Waals surface area contributed by atoms with Crippen LogP contribution in [0.4, 0.5) is 13.2 Å². The first kappa shape index (κ1) is 35.2. The molecule has 2 aromatic rings. The van der Waals surface area contributed by atoms with E-state index < -0.39 is 36.0 Å². The molecule has 3 rings (SSSR count). The number of esters is 1. The van der Waals surface area contributed by atoms with Crippen LogP contribution in [0.25, 0.3) is 0 Å². The Bertz CT molecular complexity index is 1220. The number of hydrogen-bond acceptors (Lipinski definition) is 10. The maximum atomic E-state index is 12.9. The predicted molar refractivity (Wildman–Crippen MR) is 150 cm³/mol. The van der Waals surface area contributed by atoms with Gasteiger partial charge in [0.1, 0.15) is 25.1 Å². The highest BCUT2D eigenvalue weighted by Gasteiger charge is 2.39. The number of aliphatic hydroxyl groups excluding tert-OH is 3. The molecule has 0 saturated heterocycles. The average Bonchev–Trinajstić information content (AvgIpc) is 3.25. The van der Waals surface area contributed by atoms with Crippen molar-refractivity contribution >= 4 is 5.97 Å². The van der Waals surface area contributed by atoms with Gasteiger partial charge in [-0.1, -0.05) is 54.6 Å². The molecule has 1 fully saturated rings. The molecule has 1 aliphatic carbocycles. The van der Waals surface area contributed by atoms with Crippen LogP contribution in [0.2, 0.25) is 0 Å². The van der Waals surface area contributed by atoms with Crippen LogP contribution in [0.5, 0.6) is 5.75 Å². The molecule has 10 nitrogen and oxygen atoms in total. The first-order valence-electron chi connectivity index (χ1n) is 14.1. The number of aliphatic hydroxyl groups is 3. The van der Waals surface area contributed by atoms with Crippen LogP contribution < -0.4 is 4.74 Å². The van der Waals surface area contributed by atoms with Gasteiger partial charge in [-0.05, 0) is 54.5 Å².